The van der Waals surface area contributed by atoms with E-state index in [4.69, 9.17) is 5.73 Å². The van der Waals surface area contributed by atoms with Crippen LogP contribution in [0.4, 0.5) is 0 Å². The molecule has 0 aromatic heterocycles. The molecule has 0 aromatic carbocycles. The standard InChI is InChI=1S/C5H11N3O/c6-3-7-5-1-8(2-5)4-9/h4-5,7H,1-3,6H2. The van der Waals surface area contributed by atoms with Crippen molar-refractivity contribution in [3.8, 4) is 0 Å². The van der Waals surface area contributed by atoms with Crippen molar-refractivity contribution in [1.82, 2.24) is 10.2 Å². The molecule has 0 saturated carbocycles. The second-order valence-corrected chi connectivity index (χ2v) is 2.16. The second-order valence-electron chi connectivity index (χ2n) is 2.16. The third-order valence-corrected chi connectivity index (χ3v) is 1.47. The summed E-state index contributed by atoms with van der Waals surface area (Å²) in [6.45, 7) is 2.11. The first-order valence-electron chi connectivity index (χ1n) is 2.99. The quantitative estimate of drug-likeness (QED) is 0.354. The lowest BCUT2D eigenvalue weighted by Crippen LogP contribution is -2.58. The first-order valence-corrected chi connectivity index (χ1v) is 2.99. The number of nitrogens with two attached hydrogens (primary N) is 1. The molecule has 0 bridgehead atoms. The Labute approximate surface area is 54.0 Å². The molecule has 0 aliphatic carbocycles. The Bertz CT molecular complexity index is 100. The molecule has 52 valence electrons. The number of carbonyl (C=O) groups excluding carboxylic acids is 1. The summed E-state index contributed by atoms with van der Waals surface area (Å²) < 4.78 is 0. The highest BCUT2D eigenvalue weighted by atomic mass is 16.1. The summed E-state index contributed by atoms with van der Waals surface area (Å²) in [4.78, 5) is 11.7. The van der Waals surface area contributed by atoms with Crippen molar-refractivity contribution in [3.05, 3.63) is 0 Å². The van der Waals surface area contributed by atoms with Crippen LogP contribution in [0, 0.1) is 0 Å². The molecule has 0 atom stereocenters. The summed E-state index contributed by atoms with van der Waals surface area (Å²) in [6.07, 6.45) is 0.856. The molecule has 0 unspecified atom stereocenters. The molecule has 1 aliphatic heterocycles. The number of likely N-dealkylation sites (tertiary alicyclic amines) is 1. The first kappa shape index (κ1) is 6.51. The van der Waals surface area contributed by atoms with Crippen LogP contribution >= 0.6 is 0 Å². The fourth-order valence-corrected chi connectivity index (χ4v) is 0.895. The van der Waals surface area contributed by atoms with E-state index < -0.39 is 0 Å². The molecule has 9 heavy (non-hydrogen) atoms. The van der Waals surface area contributed by atoms with Crippen molar-refractivity contribution in [3.63, 3.8) is 0 Å². The Morgan fingerprint density at radius 1 is 1.78 bits per heavy atom. The summed E-state index contributed by atoms with van der Waals surface area (Å²) in [5.41, 5.74) is 5.21. The molecule has 1 rings (SSSR count). The van der Waals surface area contributed by atoms with E-state index in [9.17, 15) is 4.79 Å². The normalized spacial score (nSPS) is 19.4. The van der Waals surface area contributed by atoms with Crippen molar-refractivity contribution in [2.24, 2.45) is 5.73 Å². The summed E-state index contributed by atoms with van der Waals surface area (Å²) >= 11 is 0. The Hall–Kier alpha value is -0.610. The summed E-state index contributed by atoms with van der Waals surface area (Å²) in [5.74, 6) is 0. The molecule has 1 amide bonds. The third kappa shape index (κ3) is 1.40. The van der Waals surface area contributed by atoms with Gasteiger partial charge >= 0.3 is 0 Å². The maximum atomic E-state index is 10.0. The van der Waals surface area contributed by atoms with Gasteiger partial charge in [0.25, 0.3) is 0 Å². The minimum absolute atomic E-state index is 0.431. The van der Waals surface area contributed by atoms with Crippen molar-refractivity contribution in [2.45, 2.75) is 6.04 Å². The van der Waals surface area contributed by atoms with Gasteiger partial charge in [-0.2, -0.15) is 0 Å². The zero-order valence-electron chi connectivity index (χ0n) is 5.21. The van der Waals surface area contributed by atoms with Crippen LogP contribution in [0.3, 0.4) is 0 Å². The van der Waals surface area contributed by atoms with Crippen molar-refractivity contribution in [1.29, 1.82) is 0 Å². The number of hydrogen-bond acceptors (Lipinski definition) is 3. The summed E-state index contributed by atoms with van der Waals surface area (Å²) in [5, 5.41) is 3.02. The number of nitrogens with one attached hydrogen (secondary N) is 1. The van der Waals surface area contributed by atoms with Gasteiger partial charge < -0.3 is 10.6 Å². The van der Waals surface area contributed by atoms with E-state index in [1.165, 1.54) is 0 Å². The molecule has 4 nitrogen and oxygen atoms in total. The minimum atomic E-state index is 0.431. The molecule has 0 spiro atoms. The van der Waals surface area contributed by atoms with Crippen LogP contribution in [0.5, 0.6) is 0 Å². The van der Waals surface area contributed by atoms with Gasteiger partial charge in [0, 0.05) is 25.8 Å². The highest BCUT2D eigenvalue weighted by molar-refractivity contribution is 5.49. The zero-order valence-corrected chi connectivity index (χ0v) is 5.21. The summed E-state index contributed by atoms with van der Waals surface area (Å²) in [7, 11) is 0. The van der Waals surface area contributed by atoms with Gasteiger partial charge in [-0.3, -0.25) is 10.1 Å². The highest BCUT2D eigenvalue weighted by Crippen LogP contribution is 2.02. The van der Waals surface area contributed by atoms with Gasteiger partial charge in [-0.25, -0.2) is 0 Å². The van der Waals surface area contributed by atoms with Crippen LogP contribution < -0.4 is 11.1 Å². The third-order valence-electron chi connectivity index (χ3n) is 1.47. The van der Waals surface area contributed by atoms with Gasteiger partial charge in [-0.1, -0.05) is 0 Å². The van der Waals surface area contributed by atoms with E-state index in [0.717, 1.165) is 19.5 Å². The average Bonchev–Trinajstić information content (AvgIpc) is 1.77. The van der Waals surface area contributed by atoms with Crippen LogP contribution in [0.1, 0.15) is 0 Å². The lowest BCUT2D eigenvalue weighted by molar-refractivity contribution is -0.122. The fraction of sp³-hybridized carbons (Fsp3) is 0.800. The molecular formula is C5H11N3O. The molecular weight excluding hydrogens is 118 g/mol. The van der Waals surface area contributed by atoms with Gasteiger partial charge in [-0.15, -0.1) is 0 Å². The van der Waals surface area contributed by atoms with E-state index in [0.29, 0.717) is 12.7 Å². The van der Waals surface area contributed by atoms with Crippen LogP contribution in [0.2, 0.25) is 0 Å². The Kier molecular flexibility index (Phi) is 2.02. The molecule has 1 fully saturated rings. The van der Waals surface area contributed by atoms with Gasteiger partial charge in [0.05, 0.1) is 0 Å². The molecule has 1 heterocycles. The molecule has 3 N–H and O–H groups in total. The van der Waals surface area contributed by atoms with Gasteiger partial charge in [0.2, 0.25) is 6.41 Å². The predicted octanol–water partition coefficient (Wildman–Crippen LogP) is -1.67. The number of nitrogens with zero attached hydrogens (tertiary/aromatic N) is 1. The van der Waals surface area contributed by atoms with E-state index in [-0.39, 0.29) is 0 Å². The SMILES string of the molecule is NCNC1CN(C=O)C1. The van der Waals surface area contributed by atoms with E-state index in [2.05, 4.69) is 5.32 Å². The van der Waals surface area contributed by atoms with Gasteiger partial charge in [-0.05, 0) is 0 Å². The molecule has 4 heteroatoms. The zero-order chi connectivity index (χ0) is 6.69. The van der Waals surface area contributed by atoms with Gasteiger partial charge in [0.1, 0.15) is 0 Å². The Balaban J connectivity index is 2.04. The number of rotatable bonds is 3. The lowest BCUT2D eigenvalue weighted by atomic mass is 10.1. The molecule has 0 radical (unpaired) electrons. The lowest BCUT2D eigenvalue weighted by Gasteiger charge is -2.36. The monoisotopic (exact) mass is 129 g/mol. The van der Waals surface area contributed by atoms with Crippen molar-refractivity contribution < 1.29 is 4.79 Å². The smallest absolute Gasteiger partial charge is 0.209 e. The van der Waals surface area contributed by atoms with E-state index >= 15 is 0 Å². The van der Waals surface area contributed by atoms with E-state index in [1.54, 1.807) is 4.90 Å². The maximum absolute atomic E-state index is 10.0. The van der Waals surface area contributed by atoms with Crippen LogP contribution in [-0.4, -0.2) is 37.1 Å². The first-order chi connectivity index (χ1) is 4.36. The Morgan fingerprint density at radius 2 is 2.44 bits per heavy atom. The topological polar surface area (TPSA) is 58.4 Å². The molecule has 1 aliphatic rings. The highest BCUT2D eigenvalue weighted by Gasteiger charge is 2.23. The van der Waals surface area contributed by atoms with Crippen LogP contribution in [0.15, 0.2) is 0 Å². The molecule has 0 aromatic rings. The van der Waals surface area contributed by atoms with E-state index in [1.807, 2.05) is 0 Å². The second kappa shape index (κ2) is 2.80. The predicted molar refractivity (Wildman–Crippen MR) is 33.6 cm³/mol. The van der Waals surface area contributed by atoms with Crippen LogP contribution in [0.25, 0.3) is 0 Å². The van der Waals surface area contributed by atoms with Crippen molar-refractivity contribution in [2.75, 3.05) is 19.8 Å². The van der Waals surface area contributed by atoms with Gasteiger partial charge in [0.15, 0.2) is 0 Å². The fourth-order valence-electron chi connectivity index (χ4n) is 0.895. The maximum Gasteiger partial charge on any atom is 0.209 e. The largest absolute Gasteiger partial charge is 0.342 e. The van der Waals surface area contributed by atoms with Crippen LogP contribution in [-0.2, 0) is 4.79 Å². The summed E-state index contributed by atoms with van der Waals surface area (Å²) in [6, 6.07) is 0.431. The average molecular weight is 129 g/mol. The number of amides is 1. The number of hydrogen-bond donors (Lipinski definition) is 2. The molecule has 1 saturated heterocycles. The Morgan fingerprint density at radius 3 is 2.89 bits per heavy atom. The van der Waals surface area contributed by atoms with Crippen molar-refractivity contribution >= 4 is 6.41 Å². The minimum Gasteiger partial charge on any atom is -0.342 e. The number of carbonyl (C=O) groups is 1.